The number of carbonyl (C=O) groups is 2. The van der Waals surface area contributed by atoms with Crippen LogP contribution in [0, 0.1) is 5.82 Å². The number of amides is 2. The molecule has 0 bridgehead atoms. The molecule has 2 aromatic carbocycles. The average molecular weight is 473 g/mol. The number of nitrogens with one attached hydrogen (secondary N) is 2. The summed E-state index contributed by atoms with van der Waals surface area (Å²) in [5.41, 5.74) is 5.76. The van der Waals surface area contributed by atoms with E-state index in [9.17, 15) is 22.4 Å². The van der Waals surface area contributed by atoms with Crippen molar-refractivity contribution in [3.05, 3.63) is 65.6 Å². The first-order chi connectivity index (χ1) is 15.5. The molecule has 0 aliphatic rings. The largest absolute Gasteiger partial charge is 0.365 e. The number of anilines is 4. The second kappa shape index (κ2) is 9.20. The van der Waals surface area contributed by atoms with Gasteiger partial charge in [-0.25, -0.2) is 17.8 Å². The van der Waals surface area contributed by atoms with E-state index in [1.807, 2.05) is 0 Å². The number of benzene rings is 2. The molecule has 1 heterocycles. The van der Waals surface area contributed by atoms with Crippen LogP contribution in [0.2, 0.25) is 0 Å². The molecule has 2 amide bonds. The number of nitrogens with two attached hydrogens (primary N) is 1. The quantitative estimate of drug-likeness (QED) is 0.473. The van der Waals surface area contributed by atoms with E-state index < -0.39 is 27.5 Å². The molecule has 0 aliphatic heterocycles. The predicted octanol–water partition coefficient (Wildman–Crippen LogP) is 1.99. The molecular weight excluding hydrogens is 451 g/mol. The number of halogens is 1. The summed E-state index contributed by atoms with van der Waals surface area (Å²) < 4.78 is 38.8. The van der Waals surface area contributed by atoms with E-state index in [1.54, 1.807) is 18.2 Å². The zero-order valence-corrected chi connectivity index (χ0v) is 18.8. The van der Waals surface area contributed by atoms with Crippen molar-refractivity contribution in [1.82, 2.24) is 15.3 Å². The first-order valence-corrected chi connectivity index (χ1v) is 11.4. The standard InChI is InChI=1S/C21H21FN6O4S/c1-24-20(30)12-8-9-14(22)15(10-12)26-21-25-11-13(18(23)29)19(27-21)28(2)16-6-4-5-7-17(16)33(3,31)32/h4-11H,1-3H3,(H2,23,29)(H,24,30)(H,25,26,27). The Morgan fingerprint density at radius 3 is 2.48 bits per heavy atom. The number of hydrogen-bond donors (Lipinski definition) is 3. The number of nitrogens with zero attached hydrogens (tertiary/aromatic N) is 3. The Hall–Kier alpha value is -4.06. The molecule has 3 rings (SSSR count). The van der Waals surface area contributed by atoms with Gasteiger partial charge in [0.05, 0.1) is 16.3 Å². The summed E-state index contributed by atoms with van der Waals surface area (Å²) in [7, 11) is -0.649. The highest BCUT2D eigenvalue weighted by Gasteiger charge is 2.22. The third-order valence-electron chi connectivity index (χ3n) is 4.68. The zero-order chi connectivity index (χ0) is 24.3. The molecule has 12 heteroatoms. The molecule has 10 nitrogen and oxygen atoms in total. The molecule has 0 unspecified atom stereocenters. The molecule has 0 spiro atoms. The number of hydrogen-bond acceptors (Lipinski definition) is 8. The van der Waals surface area contributed by atoms with Crippen LogP contribution in [0.15, 0.2) is 53.6 Å². The number of aromatic nitrogens is 2. The van der Waals surface area contributed by atoms with E-state index in [2.05, 4.69) is 20.6 Å². The van der Waals surface area contributed by atoms with Crippen LogP contribution < -0.4 is 21.3 Å². The van der Waals surface area contributed by atoms with Crippen molar-refractivity contribution in [2.75, 3.05) is 30.6 Å². The predicted molar refractivity (Wildman–Crippen MR) is 121 cm³/mol. The minimum absolute atomic E-state index is 0.000959. The molecule has 1 aromatic heterocycles. The van der Waals surface area contributed by atoms with Gasteiger partial charge in [0.15, 0.2) is 15.7 Å². The summed E-state index contributed by atoms with van der Waals surface area (Å²) >= 11 is 0. The summed E-state index contributed by atoms with van der Waals surface area (Å²) in [5.74, 6) is -2.03. The second-order valence-corrected chi connectivity index (χ2v) is 8.98. The van der Waals surface area contributed by atoms with Crippen molar-refractivity contribution in [2.24, 2.45) is 5.73 Å². The fourth-order valence-electron chi connectivity index (χ4n) is 3.05. The summed E-state index contributed by atoms with van der Waals surface area (Å²) in [5, 5.41) is 5.12. The first-order valence-electron chi connectivity index (χ1n) is 9.51. The minimum atomic E-state index is -3.60. The SMILES string of the molecule is CNC(=O)c1ccc(F)c(Nc2ncc(C(N)=O)c(N(C)c3ccccc3S(C)(=O)=O)n2)c1. The summed E-state index contributed by atoms with van der Waals surface area (Å²) in [6.45, 7) is 0. The fourth-order valence-corrected chi connectivity index (χ4v) is 3.96. The van der Waals surface area contributed by atoms with Crippen LogP contribution in [-0.4, -0.2) is 50.6 Å². The molecular formula is C21H21FN6O4S. The van der Waals surface area contributed by atoms with E-state index in [4.69, 9.17) is 5.73 Å². The van der Waals surface area contributed by atoms with Gasteiger partial charge in [0.1, 0.15) is 11.4 Å². The Morgan fingerprint density at radius 1 is 1.15 bits per heavy atom. The highest BCUT2D eigenvalue weighted by atomic mass is 32.2. The smallest absolute Gasteiger partial charge is 0.254 e. The normalized spacial score (nSPS) is 11.0. The number of carbonyl (C=O) groups excluding carboxylic acids is 2. The molecule has 172 valence electrons. The zero-order valence-electron chi connectivity index (χ0n) is 18.0. The molecule has 0 saturated carbocycles. The average Bonchev–Trinajstić information content (AvgIpc) is 2.78. The van der Waals surface area contributed by atoms with Crippen molar-refractivity contribution in [1.29, 1.82) is 0 Å². The van der Waals surface area contributed by atoms with Crippen molar-refractivity contribution in [3.63, 3.8) is 0 Å². The maximum Gasteiger partial charge on any atom is 0.254 e. The van der Waals surface area contributed by atoms with Gasteiger partial charge in [0, 0.05) is 32.1 Å². The highest BCUT2D eigenvalue weighted by molar-refractivity contribution is 7.90. The third-order valence-corrected chi connectivity index (χ3v) is 5.82. The Labute approximate surface area is 189 Å². The Morgan fingerprint density at radius 2 is 1.85 bits per heavy atom. The number of para-hydroxylation sites is 1. The van der Waals surface area contributed by atoms with Crippen LogP contribution in [0.1, 0.15) is 20.7 Å². The monoisotopic (exact) mass is 472 g/mol. The van der Waals surface area contributed by atoms with Gasteiger partial charge in [-0.2, -0.15) is 4.98 Å². The molecule has 0 atom stereocenters. The number of sulfone groups is 1. The molecule has 0 radical (unpaired) electrons. The topological polar surface area (TPSA) is 147 Å². The lowest BCUT2D eigenvalue weighted by molar-refractivity contribution is 0.0961. The molecule has 0 fully saturated rings. The van der Waals surface area contributed by atoms with E-state index in [0.29, 0.717) is 0 Å². The number of rotatable bonds is 7. The van der Waals surface area contributed by atoms with Crippen LogP contribution in [0.5, 0.6) is 0 Å². The van der Waals surface area contributed by atoms with Gasteiger partial charge in [0.2, 0.25) is 5.95 Å². The van der Waals surface area contributed by atoms with E-state index >= 15 is 0 Å². The summed E-state index contributed by atoms with van der Waals surface area (Å²) in [4.78, 5) is 33.5. The lowest BCUT2D eigenvalue weighted by Gasteiger charge is -2.23. The summed E-state index contributed by atoms with van der Waals surface area (Å²) in [6.07, 6.45) is 2.21. The minimum Gasteiger partial charge on any atom is -0.365 e. The second-order valence-electron chi connectivity index (χ2n) is 6.99. The van der Waals surface area contributed by atoms with Gasteiger partial charge in [0.25, 0.3) is 11.8 Å². The van der Waals surface area contributed by atoms with E-state index in [1.165, 1.54) is 37.2 Å². The lowest BCUT2D eigenvalue weighted by Crippen LogP contribution is -2.22. The lowest BCUT2D eigenvalue weighted by atomic mass is 10.2. The van der Waals surface area contributed by atoms with Gasteiger partial charge in [-0.3, -0.25) is 9.59 Å². The summed E-state index contributed by atoms with van der Waals surface area (Å²) in [6, 6.07) is 9.87. The Bertz CT molecular complexity index is 1350. The fraction of sp³-hybridized carbons (Fsp3) is 0.143. The molecule has 4 N–H and O–H groups in total. The Balaban J connectivity index is 2.09. The van der Waals surface area contributed by atoms with Gasteiger partial charge >= 0.3 is 0 Å². The third kappa shape index (κ3) is 5.06. The highest BCUT2D eigenvalue weighted by Crippen LogP contribution is 2.31. The van der Waals surface area contributed by atoms with Crippen LogP contribution in [0.3, 0.4) is 0 Å². The van der Waals surface area contributed by atoms with Crippen molar-refractivity contribution in [2.45, 2.75) is 4.90 Å². The van der Waals surface area contributed by atoms with Gasteiger partial charge in [-0.15, -0.1) is 0 Å². The van der Waals surface area contributed by atoms with Crippen molar-refractivity contribution in [3.8, 4) is 0 Å². The van der Waals surface area contributed by atoms with E-state index in [-0.39, 0.29) is 39.2 Å². The maximum absolute atomic E-state index is 14.3. The van der Waals surface area contributed by atoms with Crippen LogP contribution in [0.4, 0.5) is 27.5 Å². The van der Waals surface area contributed by atoms with Crippen molar-refractivity contribution < 1.29 is 22.4 Å². The Kier molecular flexibility index (Phi) is 6.58. The van der Waals surface area contributed by atoms with E-state index in [0.717, 1.165) is 18.5 Å². The molecule has 3 aromatic rings. The van der Waals surface area contributed by atoms with Gasteiger partial charge in [-0.05, 0) is 30.3 Å². The van der Waals surface area contributed by atoms with Crippen LogP contribution >= 0.6 is 0 Å². The van der Waals surface area contributed by atoms with Crippen LogP contribution in [0.25, 0.3) is 0 Å². The maximum atomic E-state index is 14.3. The van der Waals surface area contributed by atoms with Crippen LogP contribution in [-0.2, 0) is 9.84 Å². The van der Waals surface area contributed by atoms with Gasteiger partial charge in [-0.1, -0.05) is 12.1 Å². The number of primary amides is 1. The van der Waals surface area contributed by atoms with Crippen molar-refractivity contribution >= 4 is 44.8 Å². The van der Waals surface area contributed by atoms with Gasteiger partial charge < -0.3 is 21.3 Å². The first kappa shape index (κ1) is 23.6. The molecule has 33 heavy (non-hydrogen) atoms. The molecule has 0 saturated heterocycles. The molecule has 0 aliphatic carbocycles.